The normalized spacial score (nSPS) is 18.1. The molecule has 3 rings (SSSR count). The van der Waals surface area contributed by atoms with Crippen LogP contribution in [-0.2, 0) is 6.54 Å². The van der Waals surface area contributed by atoms with Crippen molar-refractivity contribution in [1.82, 2.24) is 14.8 Å². The van der Waals surface area contributed by atoms with Crippen molar-refractivity contribution < 1.29 is 0 Å². The highest BCUT2D eigenvalue weighted by Crippen LogP contribution is 2.19. The van der Waals surface area contributed by atoms with Gasteiger partial charge in [-0.3, -0.25) is 0 Å². The van der Waals surface area contributed by atoms with Crippen LogP contribution in [0.15, 0.2) is 49.1 Å². The highest BCUT2D eigenvalue weighted by atomic mass is 15.3. The fraction of sp³-hybridized carbons (Fsp3) is 0.375. The summed E-state index contributed by atoms with van der Waals surface area (Å²) in [4.78, 5) is 3.95. The first-order valence-corrected chi connectivity index (χ1v) is 7.20. The van der Waals surface area contributed by atoms with E-state index in [4.69, 9.17) is 0 Å². The molecule has 104 valence electrons. The summed E-state index contributed by atoms with van der Waals surface area (Å²) in [7, 11) is 0. The molecule has 4 heteroatoms. The zero-order valence-corrected chi connectivity index (χ0v) is 11.6. The molecule has 0 saturated carbocycles. The Morgan fingerprint density at radius 3 is 2.80 bits per heavy atom. The molecule has 1 aromatic carbocycles. The fourth-order valence-corrected chi connectivity index (χ4v) is 2.53. The number of rotatable bonds is 5. The van der Waals surface area contributed by atoms with E-state index in [0.717, 1.165) is 19.0 Å². The van der Waals surface area contributed by atoms with E-state index in [1.54, 1.807) is 12.7 Å². The first-order valence-electron chi connectivity index (χ1n) is 7.20. The molecule has 0 spiro atoms. The molecule has 4 nitrogen and oxygen atoms in total. The van der Waals surface area contributed by atoms with E-state index >= 15 is 0 Å². The lowest BCUT2D eigenvalue weighted by atomic mass is 9.94. The predicted octanol–water partition coefficient (Wildman–Crippen LogP) is 3.09. The maximum atomic E-state index is 4.11. The van der Waals surface area contributed by atoms with Crippen molar-refractivity contribution in [2.24, 2.45) is 5.92 Å². The lowest BCUT2D eigenvalue weighted by Crippen LogP contribution is -2.15. The molecule has 0 amide bonds. The van der Waals surface area contributed by atoms with Gasteiger partial charge >= 0.3 is 0 Å². The number of nitrogens with zero attached hydrogens (tertiary/aromatic N) is 3. The maximum absolute atomic E-state index is 4.11. The fourth-order valence-electron chi connectivity index (χ4n) is 2.53. The van der Waals surface area contributed by atoms with Gasteiger partial charge in [0.25, 0.3) is 0 Å². The second kappa shape index (κ2) is 6.37. The van der Waals surface area contributed by atoms with Crippen LogP contribution in [0.4, 0.5) is 5.69 Å². The van der Waals surface area contributed by atoms with E-state index in [-0.39, 0.29) is 0 Å². The molecule has 1 N–H and O–H groups in total. The van der Waals surface area contributed by atoms with Crippen LogP contribution in [0.3, 0.4) is 0 Å². The van der Waals surface area contributed by atoms with Crippen LogP contribution in [0.1, 0.15) is 24.8 Å². The molecule has 1 unspecified atom stereocenters. The van der Waals surface area contributed by atoms with Gasteiger partial charge in [0.15, 0.2) is 0 Å². The minimum Gasteiger partial charge on any atom is -0.385 e. The molecule has 1 heterocycles. The third-order valence-corrected chi connectivity index (χ3v) is 3.74. The number of aromatic nitrogens is 3. The first-order chi connectivity index (χ1) is 9.90. The van der Waals surface area contributed by atoms with Crippen LogP contribution >= 0.6 is 0 Å². The Morgan fingerprint density at radius 1 is 1.20 bits per heavy atom. The Morgan fingerprint density at radius 2 is 2.10 bits per heavy atom. The lowest BCUT2D eigenvalue weighted by molar-refractivity contribution is 0.504. The Bertz CT molecular complexity index is 542. The van der Waals surface area contributed by atoms with Crippen LogP contribution in [0, 0.1) is 5.92 Å². The van der Waals surface area contributed by atoms with E-state index in [0.29, 0.717) is 0 Å². The highest BCUT2D eigenvalue weighted by molar-refractivity contribution is 5.44. The number of allylic oxidation sites excluding steroid dienone is 2. The minimum atomic E-state index is 0.772. The van der Waals surface area contributed by atoms with Crippen molar-refractivity contribution >= 4 is 5.69 Å². The van der Waals surface area contributed by atoms with Crippen LogP contribution in [0.5, 0.6) is 0 Å². The van der Waals surface area contributed by atoms with Gasteiger partial charge in [-0.2, -0.15) is 5.10 Å². The van der Waals surface area contributed by atoms with Crippen LogP contribution < -0.4 is 5.32 Å². The Kier molecular flexibility index (Phi) is 4.11. The molecule has 1 aromatic heterocycles. The zero-order chi connectivity index (χ0) is 13.6. The molecule has 1 aliphatic carbocycles. The van der Waals surface area contributed by atoms with Crippen molar-refractivity contribution in [3.8, 4) is 0 Å². The number of hydrogen-bond acceptors (Lipinski definition) is 3. The molecule has 0 fully saturated rings. The predicted molar refractivity (Wildman–Crippen MR) is 80.5 cm³/mol. The smallest absolute Gasteiger partial charge is 0.137 e. The van der Waals surface area contributed by atoms with Crippen LogP contribution in [-0.4, -0.2) is 21.3 Å². The maximum Gasteiger partial charge on any atom is 0.137 e. The van der Waals surface area contributed by atoms with Gasteiger partial charge in [0.2, 0.25) is 0 Å². The van der Waals surface area contributed by atoms with Crippen LogP contribution in [0.25, 0.3) is 0 Å². The Balaban J connectivity index is 1.52. The summed E-state index contributed by atoms with van der Waals surface area (Å²) in [6, 6.07) is 8.57. The summed E-state index contributed by atoms with van der Waals surface area (Å²) < 4.78 is 1.83. The van der Waals surface area contributed by atoms with Crippen molar-refractivity contribution in [1.29, 1.82) is 0 Å². The molecule has 20 heavy (non-hydrogen) atoms. The molecule has 1 atom stereocenters. The summed E-state index contributed by atoms with van der Waals surface area (Å²) in [5, 5.41) is 7.65. The second-order valence-corrected chi connectivity index (χ2v) is 5.32. The molecular formula is C16H20N4. The first kappa shape index (κ1) is 12.9. The van der Waals surface area contributed by atoms with Crippen molar-refractivity contribution in [3.05, 3.63) is 54.6 Å². The monoisotopic (exact) mass is 268 g/mol. The highest BCUT2D eigenvalue weighted by Gasteiger charge is 2.09. The second-order valence-electron chi connectivity index (χ2n) is 5.32. The number of nitrogens with one attached hydrogen (secondary N) is 1. The number of hydrogen-bond donors (Lipinski definition) is 1. The number of benzene rings is 1. The lowest BCUT2D eigenvalue weighted by Gasteiger charge is -2.18. The van der Waals surface area contributed by atoms with Gasteiger partial charge < -0.3 is 5.32 Å². The molecule has 0 aliphatic heterocycles. The summed E-state index contributed by atoms with van der Waals surface area (Å²) >= 11 is 0. The largest absolute Gasteiger partial charge is 0.385 e. The average molecular weight is 268 g/mol. The quantitative estimate of drug-likeness (QED) is 0.847. The van der Waals surface area contributed by atoms with E-state index < -0.39 is 0 Å². The standard InChI is InChI=1S/C16H20N4/c1-2-4-14(5-3-1)10-18-16-8-6-15(7-9-16)11-20-13-17-12-19-20/h1-2,6-9,12-14,18H,3-5,10-11H2. The minimum absolute atomic E-state index is 0.772. The summed E-state index contributed by atoms with van der Waals surface area (Å²) in [5.41, 5.74) is 2.43. The molecule has 0 bridgehead atoms. The van der Waals surface area contributed by atoms with Gasteiger partial charge in [0.1, 0.15) is 12.7 Å². The van der Waals surface area contributed by atoms with E-state index in [1.807, 2.05) is 4.68 Å². The molecule has 2 aromatic rings. The summed E-state index contributed by atoms with van der Waals surface area (Å²) in [6.45, 7) is 1.83. The molecule has 0 radical (unpaired) electrons. The van der Waals surface area contributed by atoms with Crippen molar-refractivity contribution in [3.63, 3.8) is 0 Å². The Hall–Kier alpha value is -2.10. The van der Waals surface area contributed by atoms with Crippen molar-refractivity contribution in [2.75, 3.05) is 11.9 Å². The van der Waals surface area contributed by atoms with Gasteiger partial charge in [-0.05, 0) is 42.9 Å². The number of anilines is 1. The van der Waals surface area contributed by atoms with E-state index in [9.17, 15) is 0 Å². The topological polar surface area (TPSA) is 42.7 Å². The average Bonchev–Trinajstić information content (AvgIpc) is 3.01. The van der Waals surface area contributed by atoms with E-state index in [1.165, 1.54) is 30.5 Å². The van der Waals surface area contributed by atoms with Crippen molar-refractivity contribution in [2.45, 2.75) is 25.8 Å². The third-order valence-electron chi connectivity index (χ3n) is 3.74. The zero-order valence-electron chi connectivity index (χ0n) is 11.6. The van der Waals surface area contributed by atoms with Gasteiger partial charge in [0.05, 0.1) is 6.54 Å². The molecule has 1 aliphatic rings. The molecular weight excluding hydrogens is 248 g/mol. The van der Waals surface area contributed by atoms with Crippen LogP contribution in [0.2, 0.25) is 0 Å². The third kappa shape index (κ3) is 3.47. The van der Waals surface area contributed by atoms with Gasteiger partial charge in [-0.1, -0.05) is 24.3 Å². The molecule has 0 saturated heterocycles. The summed E-state index contributed by atoms with van der Waals surface area (Å²) in [6.07, 6.45) is 11.6. The van der Waals surface area contributed by atoms with Gasteiger partial charge in [0, 0.05) is 12.2 Å². The van der Waals surface area contributed by atoms with E-state index in [2.05, 4.69) is 51.8 Å². The Labute approximate surface area is 119 Å². The van der Waals surface area contributed by atoms with Gasteiger partial charge in [-0.15, -0.1) is 0 Å². The SMILES string of the molecule is C1=CCC(CNc2ccc(Cn3cncn3)cc2)CC1. The summed E-state index contributed by atoms with van der Waals surface area (Å²) in [5.74, 6) is 0.773. The van der Waals surface area contributed by atoms with Gasteiger partial charge in [-0.25, -0.2) is 9.67 Å².